The third kappa shape index (κ3) is 5.22. The quantitative estimate of drug-likeness (QED) is 0.413. The van der Waals surface area contributed by atoms with E-state index in [9.17, 15) is 18.3 Å². The van der Waals surface area contributed by atoms with Gasteiger partial charge in [-0.05, 0) is 17.5 Å². The van der Waals surface area contributed by atoms with Crippen molar-refractivity contribution in [3.05, 3.63) is 47.8 Å². The summed E-state index contributed by atoms with van der Waals surface area (Å²) in [6.45, 7) is -0.453. The minimum absolute atomic E-state index is 0.0570. The third-order valence-electron chi connectivity index (χ3n) is 6.25. The van der Waals surface area contributed by atoms with Crippen molar-refractivity contribution >= 4 is 22.1 Å². The van der Waals surface area contributed by atoms with Crippen LogP contribution in [0.15, 0.2) is 36.7 Å². The molecule has 184 valence electrons. The van der Waals surface area contributed by atoms with E-state index in [1.807, 2.05) is 18.2 Å². The largest absolute Gasteiger partial charge is 0.474 e. The first-order valence-electron chi connectivity index (χ1n) is 10.7. The molecule has 0 spiro atoms. The number of nitrogens with one attached hydrogen (secondary N) is 1. The number of hydrogen-bond donors (Lipinski definition) is 4. The van der Waals surface area contributed by atoms with Gasteiger partial charge in [0.15, 0.2) is 0 Å². The summed E-state index contributed by atoms with van der Waals surface area (Å²) < 4.78 is 34.7. The fourth-order valence-corrected chi connectivity index (χ4v) is 5.23. The number of aliphatic hydroxyl groups is 1. The van der Waals surface area contributed by atoms with E-state index in [0.29, 0.717) is 5.82 Å². The maximum absolute atomic E-state index is 11.5. The number of fused-ring (bicyclic) bond motifs is 1. The molecule has 0 aliphatic heterocycles. The Morgan fingerprint density at radius 1 is 1.29 bits per heavy atom. The Labute approximate surface area is 196 Å². The van der Waals surface area contributed by atoms with E-state index in [1.165, 1.54) is 11.9 Å². The summed E-state index contributed by atoms with van der Waals surface area (Å²) in [7, 11) is -2.78. The maximum Gasteiger partial charge on any atom is 0.422 e. The van der Waals surface area contributed by atoms with Crippen LogP contribution in [-0.2, 0) is 21.4 Å². The summed E-state index contributed by atoms with van der Waals surface area (Å²) in [5.41, 5.74) is 2.34. The highest BCUT2D eigenvalue weighted by atomic mass is 32.2. The van der Waals surface area contributed by atoms with Gasteiger partial charge in [-0.2, -0.15) is 12.7 Å². The van der Waals surface area contributed by atoms with Gasteiger partial charge >= 0.3 is 16.3 Å². The number of hydrogen-bond acceptors (Lipinski definition) is 9. The molecular formula is C21H27N5O7S. The first-order valence-corrected chi connectivity index (χ1v) is 12.2. The predicted molar refractivity (Wildman–Crippen MR) is 120 cm³/mol. The Hall–Kier alpha value is -3.00. The van der Waals surface area contributed by atoms with E-state index < -0.39 is 41.0 Å². The fraction of sp³-hybridized carbons (Fsp3) is 0.476. The van der Waals surface area contributed by atoms with Gasteiger partial charge in [-0.1, -0.05) is 24.3 Å². The van der Waals surface area contributed by atoms with Gasteiger partial charge in [0.1, 0.15) is 18.2 Å². The van der Waals surface area contributed by atoms with E-state index in [2.05, 4.69) is 21.4 Å². The van der Waals surface area contributed by atoms with Crippen molar-refractivity contribution < 1.29 is 32.9 Å². The van der Waals surface area contributed by atoms with Crippen LogP contribution in [0.5, 0.6) is 5.88 Å². The molecule has 12 nitrogen and oxygen atoms in total. The number of rotatable bonds is 8. The Morgan fingerprint density at radius 2 is 2.06 bits per heavy atom. The highest BCUT2D eigenvalue weighted by Crippen LogP contribution is 2.36. The van der Waals surface area contributed by atoms with Gasteiger partial charge in [-0.25, -0.2) is 19.9 Å². The van der Waals surface area contributed by atoms with Gasteiger partial charge in [0.05, 0.1) is 18.2 Å². The van der Waals surface area contributed by atoms with Crippen molar-refractivity contribution in [3.63, 3.8) is 0 Å². The second-order valence-corrected chi connectivity index (χ2v) is 9.91. The molecule has 2 aliphatic carbocycles. The van der Waals surface area contributed by atoms with Crippen LogP contribution in [-0.4, -0.2) is 71.0 Å². The number of benzene rings is 1. The SMILES string of the molecule is CO[C@H]1Cc2ccccc2[C@H]1Nc1cc(O[C@@H]2C[C@@H](CN(C(=O)O)S(N)(=O)=O)[C@@H](O)C2)ncn1. The number of carbonyl (C=O) groups is 1. The summed E-state index contributed by atoms with van der Waals surface area (Å²) in [6.07, 6.45) is -0.635. The van der Waals surface area contributed by atoms with E-state index in [1.54, 1.807) is 13.2 Å². The number of aromatic nitrogens is 2. The Morgan fingerprint density at radius 3 is 2.76 bits per heavy atom. The Balaban J connectivity index is 1.42. The molecule has 34 heavy (non-hydrogen) atoms. The standard InChI is InChI=1S/C21H27N5O7S/c1-32-17-7-12-4-2-3-5-15(12)20(17)25-18-9-19(24-11-23-18)33-14-6-13(16(27)8-14)10-26(21(28)29)34(22,30)31/h2-5,9,11,13-14,16-17,20,27H,6-8,10H2,1H3,(H,28,29)(H2,22,30,31)(H,23,24,25)/t13-,14+,16-,17-,20+/m0/s1. The summed E-state index contributed by atoms with van der Waals surface area (Å²) in [5.74, 6) is 0.156. The molecule has 1 saturated carbocycles. The molecule has 2 aliphatic rings. The van der Waals surface area contributed by atoms with Crippen LogP contribution in [0.25, 0.3) is 0 Å². The zero-order valence-electron chi connectivity index (χ0n) is 18.4. The van der Waals surface area contributed by atoms with Crippen LogP contribution in [0, 0.1) is 5.92 Å². The molecule has 0 bridgehead atoms. The summed E-state index contributed by atoms with van der Waals surface area (Å²) in [4.78, 5) is 19.6. The number of carboxylic acid groups (broad SMARTS) is 1. The van der Waals surface area contributed by atoms with E-state index in [-0.39, 0.29) is 35.2 Å². The average molecular weight is 494 g/mol. The molecule has 2 aromatic rings. The molecule has 1 amide bonds. The highest BCUT2D eigenvalue weighted by molar-refractivity contribution is 7.87. The van der Waals surface area contributed by atoms with Gasteiger partial charge in [0.25, 0.3) is 0 Å². The molecule has 0 radical (unpaired) electrons. The first kappa shape index (κ1) is 24.1. The fourth-order valence-electron chi connectivity index (χ4n) is 4.61. The third-order valence-corrected chi connectivity index (χ3v) is 7.17. The molecular weight excluding hydrogens is 466 g/mol. The zero-order valence-corrected chi connectivity index (χ0v) is 19.3. The molecule has 1 fully saturated rings. The lowest BCUT2D eigenvalue weighted by molar-refractivity contribution is 0.0959. The molecule has 1 aromatic carbocycles. The van der Waals surface area contributed by atoms with Gasteiger partial charge in [0, 0.05) is 38.5 Å². The lowest BCUT2D eigenvalue weighted by Gasteiger charge is -2.22. The molecule has 13 heteroatoms. The van der Waals surface area contributed by atoms with Crippen LogP contribution >= 0.6 is 0 Å². The normalized spacial score (nSPS) is 26.1. The van der Waals surface area contributed by atoms with E-state index in [0.717, 1.165) is 12.0 Å². The van der Waals surface area contributed by atoms with Crippen LogP contribution in [0.1, 0.15) is 30.0 Å². The van der Waals surface area contributed by atoms with E-state index >= 15 is 0 Å². The van der Waals surface area contributed by atoms with Crippen molar-refractivity contribution in [2.45, 2.75) is 43.6 Å². The van der Waals surface area contributed by atoms with E-state index in [4.69, 9.17) is 19.7 Å². The highest BCUT2D eigenvalue weighted by Gasteiger charge is 2.39. The van der Waals surface area contributed by atoms with Crippen molar-refractivity contribution in [1.82, 2.24) is 14.3 Å². The number of aliphatic hydroxyl groups excluding tert-OH is 1. The van der Waals surface area contributed by atoms with Crippen LogP contribution in [0.2, 0.25) is 0 Å². The number of nitrogens with two attached hydrogens (primary N) is 1. The average Bonchev–Trinajstić information content (AvgIpc) is 3.30. The monoisotopic (exact) mass is 493 g/mol. The lowest BCUT2D eigenvalue weighted by atomic mass is 10.1. The predicted octanol–water partition coefficient (Wildman–Crippen LogP) is 0.903. The summed E-state index contributed by atoms with van der Waals surface area (Å²) in [5, 5.41) is 27.8. The maximum atomic E-state index is 11.5. The van der Waals surface area contributed by atoms with Gasteiger partial charge < -0.3 is 25.0 Å². The second-order valence-electron chi connectivity index (χ2n) is 8.44. The topological polar surface area (TPSA) is 177 Å². The molecule has 1 heterocycles. The first-order chi connectivity index (χ1) is 16.2. The number of anilines is 1. The second kappa shape index (κ2) is 9.70. The smallest absolute Gasteiger partial charge is 0.422 e. The lowest BCUT2D eigenvalue weighted by Crippen LogP contribution is -2.44. The van der Waals surface area contributed by atoms with Crippen molar-refractivity contribution in [2.75, 3.05) is 19.0 Å². The van der Waals surface area contributed by atoms with Crippen LogP contribution in [0.3, 0.4) is 0 Å². The Bertz CT molecular complexity index is 1150. The molecule has 0 saturated heterocycles. The minimum Gasteiger partial charge on any atom is -0.474 e. The van der Waals surface area contributed by atoms with Gasteiger partial charge in [-0.15, -0.1) is 0 Å². The number of methoxy groups -OCH3 is 1. The summed E-state index contributed by atoms with van der Waals surface area (Å²) >= 11 is 0. The molecule has 0 unspecified atom stereocenters. The van der Waals surface area contributed by atoms with Crippen LogP contribution < -0.4 is 15.2 Å². The van der Waals surface area contributed by atoms with Gasteiger partial charge in [-0.3, -0.25) is 0 Å². The molecule has 4 rings (SSSR count). The van der Waals surface area contributed by atoms with Crippen molar-refractivity contribution in [2.24, 2.45) is 11.1 Å². The molecule has 5 atom stereocenters. The number of amides is 1. The molecule has 5 N–H and O–H groups in total. The van der Waals surface area contributed by atoms with Crippen LogP contribution in [0.4, 0.5) is 10.6 Å². The Kier molecular flexibility index (Phi) is 6.89. The number of nitrogens with zero attached hydrogens (tertiary/aromatic N) is 3. The van der Waals surface area contributed by atoms with Crippen molar-refractivity contribution in [3.8, 4) is 5.88 Å². The zero-order chi connectivity index (χ0) is 24.5. The minimum atomic E-state index is -4.45. The van der Waals surface area contributed by atoms with Gasteiger partial charge in [0.2, 0.25) is 5.88 Å². The van der Waals surface area contributed by atoms with Crippen molar-refractivity contribution in [1.29, 1.82) is 0 Å². The molecule has 1 aromatic heterocycles. The summed E-state index contributed by atoms with van der Waals surface area (Å²) in [6, 6.07) is 9.63. The number of ether oxygens (including phenoxy) is 2.